The van der Waals surface area contributed by atoms with Crippen molar-refractivity contribution >= 4 is 29.1 Å². The van der Waals surface area contributed by atoms with E-state index in [9.17, 15) is 4.79 Å². The van der Waals surface area contributed by atoms with Crippen LogP contribution in [0.15, 0.2) is 79.0 Å². The Hall–Kier alpha value is -3.28. The van der Waals surface area contributed by atoms with Gasteiger partial charge >= 0.3 is 0 Å². The molecule has 0 saturated heterocycles. The summed E-state index contributed by atoms with van der Waals surface area (Å²) in [7, 11) is 1.56. The van der Waals surface area contributed by atoms with E-state index < -0.39 is 0 Å². The molecule has 0 unspecified atom stereocenters. The minimum atomic E-state index is -0.237. The third-order valence-electron chi connectivity index (χ3n) is 4.79. The van der Waals surface area contributed by atoms with Crippen molar-refractivity contribution in [2.75, 3.05) is 7.11 Å². The van der Waals surface area contributed by atoms with Crippen molar-refractivity contribution in [2.45, 2.75) is 6.54 Å². The minimum absolute atomic E-state index is 0.237. The number of hydrogen-bond donors (Lipinski definition) is 1. The molecule has 0 fully saturated rings. The molecule has 5 nitrogen and oxygen atoms in total. The summed E-state index contributed by atoms with van der Waals surface area (Å²) in [4.78, 5) is 13.1. The average Bonchev–Trinajstić information content (AvgIpc) is 3.23. The van der Waals surface area contributed by atoms with Gasteiger partial charge in [0.25, 0.3) is 5.91 Å². The molecule has 156 valence electrons. The number of benzene rings is 3. The third-order valence-corrected chi connectivity index (χ3v) is 5.32. The van der Waals surface area contributed by atoms with Crippen molar-refractivity contribution in [2.24, 2.45) is 0 Å². The summed E-state index contributed by atoms with van der Waals surface area (Å²) >= 11 is 12.6. The van der Waals surface area contributed by atoms with Crippen LogP contribution in [0.5, 0.6) is 5.75 Å². The molecule has 0 aliphatic carbocycles. The highest BCUT2D eigenvalue weighted by Crippen LogP contribution is 2.33. The molecular weight excluding hydrogens is 433 g/mol. The molecule has 0 aliphatic heterocycles. The number of amides is 1. The summed E-state index contributed by atoms with van der Waals surface area (Å²) in [6.45, 7) is 0.408. The maximum absolute atomic E-state index is 13.1. The quantitative estimate of drug-likeness (QED) is 0.403. The molecule has 1 heterocycles. The van der Waals surface area contributed by atoms with Crippen LogP contribution in [0.4, 0.5) is 0 Å². The predicted octanol–water partition coefficient (Wildman–Crippen LogP) is 5.78. The molecule has 1 amide bonds. The predicted molar refractivity (Wildman–Crippen MR) is 123 cm³/mol. The van der Waals surface area contributed by atoms with E-state index in [0.29, 0.717) is 33.6 Å². The Balaban J connectivity index is 1.76. The normalized spacial score (nSPS) is 10.7. The molecule has 0 atom stereocenters. The van der Waals surface area contributed by atoms with E-state index in [0.717, 1.165) is 16.8 Å². The van der Waals surface area contributed by atoms with Crippen LogP contribution in [0.3, 0.4) is 0 Å². The standard InChI is InChI=1S/C24H19Cl2N3O2/c1-31-22-11-10-17(12-21(22)26)23-20(24(30)27-14-16-6-3-2-4-7-16)15-28-29(23)19-9-5-8-18(25)13-19/h2-13,15H,14H2,1H3,(H,27,30). The monoisotopic (exact) mass is 451 g/mol. The first kappa shape index (κ1) is 21.0. The number of carbonyl (C=O) groups is 1. The van der Waals surface area contributed by atoms with Gasteiger partial charge in [0.1, 0.15) is 5.75 Å². The first-order valence-electron chi connectivity index (χ1n) is 9.57. The summed E-state index contributed by atoms with van der Waals surface area (Å²) < 4.78 is 6.94. The summed E-state index contributed by atoms with van der Waals surface area (Å²) in [6.07, 6.45) is 1.55. The molecule has 7 heteroatoms. The Bertz CT molecular complexity index is 1220. The molecule has 0 spiro atoms. The van der Waals surface area contributed by atoms with Gasteiger partial charge in [-0.3, -0.25) is 4.79 Å². The lowest BCUT2D eigenvalue weighted by atomic mass is 10.1. The molecule has 1 aromatic heterocycles. The Morgan fingerprint density at radius 1 is 1.03 bits per heavy atom. The molecule has 0 aliphatic rings. The summed E-state index contributed by atoms with van der Waals surface area (Å²) in [5, 5.41) is 8.45. The molecule has 1 N–H and O–H groups in total. The van der Waals surface area contributed by atoms with Crippen molar-refractivity contribution in [1.29, 1.82) is 0 Å². The zero-order valence-corrected chi connectivity index (χ0v) is 18.2. The molecule has 4 aromatic rings. The molecule has 0 saturated carbocycles. The molecule has 0 bridgehead atoms. The van der Waals surface area contributed by atoms with E-state index in [1.165, 1.54) is 0 Å². The van der Waals surface area contributed by atoms with E-state index in [2.05, 4.69) is 10.4 Å². The zero-order chi connectivity index (χ0) is 21.8. The Kier molecular flexibility index (Phi) is 6.26. The van der Waals surface area contributed by atoms with Gasteiger partial charge in [0.2, 0.25) is 0 Å². The SMILES string of the molecule is COc1ccc(-c2c(C(=O)NCc3ccccc3)cnn2-c2cccc(Cl)c2)cc1Cl. The van der Waals surface area contributed by atoms with Crippen LogP contribution in [0, 0.1) is 0 Å². The largest absolute Gasteiger partial charge is 0.495 e. The van der Waals surface area contributed by atoms with Crippen LogP contribution in [0.25, 0.3) is 16.9 Å². The number of carbonyl (C=O) groups excluding carboxylic acids is 1. The van der Waals surface area contributed by atoms with Gasteiger partial charge in [0.05, 0.1) is 35.3 Å². The number of halogens is 2. The third kappa shape index (κ3) is 4.58. The van der Waals surface area contributed by atoms with E-state index in [1.807, 2.05) is 48.5 Å². The highest BCUT2D eigenvalue weighted by molar-refractivity contribution is 6.32. The van der Waals surface area contributed by atoms with Crippen molar-refractivity contribution in [1.82, 2.24) is 15.1 Å². The number of nitrogens with one attached hydrogen (secondary N) is 1. The number of ether oxygens (including phenoxy) is 1. The average molecular weight is 452 g/mol. The molecular formula is C24H19Cl2N3O2. The Labute approximate surface area is 190 Å². The van der Waals surface area contributed by atoms with Gasteiger partial charge in [0, 0.05) is 17.1 Å². The molecule has 0 radical (unpaired) electrons. The summed E-state index contributed by atoms with van der Waals surface area (Å²) in [6, 6.07) is 22.4. The van der Waals surface area contributed by atoms with E-state index in [1.54, 1.807) is 42.3 Å². The van der Waals surface area contributed by atoms with Gasteiger partial charge in [0.15, 0.2) is 0 Å². The van der Waals surface area contributed by atoms with Crippen molar-refractivity contribution in [3.63, 3.8) is 0 Å². The fourth-order valence-electron chi connectivity index (χ4n) is 3.28. The van der Waals surface area contributed by atoms with Crippen LogP contribution in [-0.4, -0.2) is 22.8 Å². The molecule has 31 heavy (non-hydrogen) atoms. The van der Waals surface area contributed by atoms with Gasteiger partial charge < -0.3 is 10.1 Å². The Morgan fingerprint density at radius 2 is 1.84 bits per heavy atom. The fourth-order valence-corrected chi connectivity index (χ4v) is 3.73. The van der Waals surface area contributed by atoms with Crippen molar-refractivity contribution in [3.8, 4) is 22.7 Å². The molecule has 3 aromatic carbocycles. The highest BCUT2D eigenvalue weighted by Gasteiger charge is 2.21. The van der Waals surface area contributed by atoms with Gasteiger partial charge in [-0.05, 0) is 42.0 Å². The maximum Gasteiger partial charge on any atom is 0.255 e. The Morgan fingerprint density at radius 3 is 2.55 bits per heavy atom. The van der Waals surface area contributed by atoms with Gasteiger partial charge in [-0.1, -0.05) is 59.6 Å². The number of nitrogens with zero attached hydrogens (tertiary/aromatic N) is 2. The lowest BCUT2D eigenvalue weighted by molar-refractivity contribution is 0.0951. The second kappa shape index (κ2) is 9.25. The van der Waals surface area contributed by atoms with Gasteiger partial charge in [-0.25, -0.2) is 4.68 Å². The first-order chi connectivity index (χ1) is 15.1. The second-order valence-corrected chi connectivity index (χ2v) is 7.66. The van der Waals surface area contributed by atoms with E-state index >= 15 is 0 Å². The number of aromatic nitrogens is 2. The van der Waals surface area contributed by atoms with Crippen LogP contribution in [0.2, 0.25) is 10.0 Å². The van der Waals surface area contributed by atoms with Crippen molar-refractivity contribution in [3.05, 3.63) is 100 Å². The minimum Gasteiger partial charge on any atom is -0.495 e. The van der Waals surface area contributed by atoms with Crippen LogP contribution in [-0.2, 0) is 6.54 Å². The summed E-state index contributed by atoms with van der Waals surface area (Å²) in [5.74, 6) is 0.313. The number of rotatable bonds is 6. The zero-order valence-electron chi connectivity index (χ0n) is 16.7. The highest BCUT2D eigenvalue weighted by atomic mass is 35.5. The summed E-state index contributed by atoms with van der Waals surface area (Å²) in [5.41, 5.74) is 3.51. The first-order valence-corrected chi connectivity index (χ1v) is 10.3. The maximum atomic E-state index is 13.1. The molecule has 4 rings (SSSR count). The second-order valence-electron chi connectivity index (χ2n) is 6.82. The topological polar surface area (TPSA) is 56.1 Å². The van der Waals surface area contributed by atoms with Crippen LogP contribution >= 0.6 is 23.2 Å². The smallest absolute Gasteiger partial charge is 0.255 e. The van der Waals surface area contributed by atoms with Gasteiger partial charge in [-0.15, -0.1) is 0 Å². The van der Waals surface area contributed by atoms with E-state index in [-0.39, 0.29) is 5.91 Å². The lowest BCUT2D eigenvalue weighted by Gasteiger charge is -2.12. The van der Waals surface area contributed by atoms with Crippen LogP contribution in [0.1, 0.15) is 15.9 Å². The number of hydrogen-bond acceptors (Lipinski definition) is 3. The lowest BCUT2D eigenvalue weighted by Crippen LogP contribution is -2.23. The van der Waals surface area contributed by atoms with Gasteiger partial charge in [-0.2, -0.15) is 5.10 Å². The fraction of sp³-hybridized carbons (Fsp3) is 0.0833. The van der Waals surface area contributed by atoms with Crippen LogP contribution < -0.4 is 10.1 Å². The van der Waals surface area contributed by atoms with E-state index in [4.69, 9.17) is 27.9 Å². The van der Waals surface area contributed by atoms with Crippen molar-refractivity contribution < 1.29 is 9.53 Å². The number of methoxy groups -OCH3 is 1.